The third-order valence-corrected chi connectivity index (χ3v) is 5.52. The molecule has 0 N–H and O–H groups in total. The highest BCUT2D eigenvalue weighted by Crippen LogP contribution is 2.46. The van der Waals surface area contributed by atoms with Gasteiger partial charge < -0.3 is 4.90 Å². The Labute approximate surface area is 136 Å². The molecule has 2 aliphatic rings. The molecule has 2 aromatic carbocycles. The minimum atomic E-state index is 0.214. The number of aryl methyl sites for hydroxylation is 2. The van der Waals surface area contributed by atoms with E-state index >= 15 is 0 Å². The number of thioether (sulfide) groups is 1. The van der Waals surface area contributed by atoms with E-state index in [1.54, 1.807) is 0 Å². The number of hydrogen-bond acceptors (Lipinski definition) is 3. The van der Waals surface area contributed by atoms with E-state index in [1.165, 1.54) is 27.4 Å². The molecule has 2 atom stereocenters. The van der Waals surface area contributed by atoms with Gasteiger partial charge in [-0.3, -0.25) is 4.99 Å². The molecule has 1 fully saturated rings. The maximum atomic E-state index is 5.04. The highest BCUT2D eigenvalue weighted by atomic mass is 32.2. The van der Waals surface area contributed by atoms with Crippen molar-refractivity contribution in [2.45, 2.75) is 25.9 Å². The summed E-state index contributed by atoms with van der Waals surface area (Å²) < 4.78 is 0. The first-order chi connectivity index (χ1) is 10.7. The molecule has 1 saturated heterocycles. The number of amidine groups is 1. The Bertz CT molecular complexity index is 703. The molecule has 2 heterocycles. The van der Waals surface area contributed by atoms with Crippen LogP contribution in [0.3, 0.4) is 0 Å². The van der Waals surface area contributed by atoms with Gasteiger partial charge in [-0.1, -0.05) is 71.4 Å². The van der Waals surface area contributed by atoms with Gasteiger partial charge in [-0.15, -0.1) is 0 Å². The van der Waals surface area contributed by atoms with Crippen molar-refractivity contribution in [2.75, 3.05) is 12.3 Å². The monoisotopic (exact) mass is 308 g/mol. The largest absolute Gasteiger partial charge is 0.341 e. The lowest BCUT2D eigenvalue weighted by molar-refractivity contribution is 0.335. The topological polar surface area (TPSA) is 15.6 Å². The SMILES string of the molecule is Cc1ccc(C2N=C3SCCN3C2c2ccc(C)cc2)cc1. The van der Waals surface area contributed by atoms with Gasteiger partial charge in [0.15, 0.2) is 5.17 Å². The zero-order valence-corrected chi connectivity index (χ0v) is 13.8. The van der Waals surface area contributed by atoms with Gasteiger partial charge in [0.25, 0.3) is 0 Å². The summed E-state index contributed by atoms with van der Waals surface area (Å²) in [6.07, 6.45) is 0. The lowest BCUT2D eigenvalue weighted by Crippen LogP contribution is -2.27. The average molecular weight is 308 g/mol. The van der Waals surface area contributed by atoms with Crippen LogP contribution in [0.25, 0.3) is 0 Å². The van der Waals surface area contributed by atoms with Crippen molar-refractivity contribution < 1.29 is 0 Å². The second-order valence-corrected chi connectivity index (χ2v) is 7.23. The minimum absolute atomic E-state index is 0.214. The van der Waals surface area contributed by atoms with Crippen molar-refractivity contribution in [3.63, 3.8) is 0 Å². The first kappa shape index (κ1) is 13.9. The van der Waals surface area contributed by atoms with Gasteiger partial charge in [-0.25, -0.2) is 0 Å². The van der Waals surface area contributed by atoms with Crippen molar-refractivity contribution in [1.82, 2.24) is 4.90 Å². The molecule has 0 aromatic heterocycles. The Morgan fingerprint density at radius 3 is 2.14 bits per heavy atom. The van der Waals surface area contributed by atoms with E-state index in [2.05, 4.69) is 67.3 Å². The number of rotatable bonds is 2. The van der Waals surface area contributed by atoms with E-state index in [0.717, 1.165) is 12.3 Å². The van der Waals surface area contributed by atoms with Crippen LogP contribution in [-0.2, 0) is 0 Å². The van der Waals surface area contributed by atoms with Crippen LogP contribution in [0.5, 0.6) is 0 Å². The van der Waals surface area contributed by atoms with Crippen molar-refractivity contribution in [3.05, 3.63) is 70.8 Å². The molecule has 2 nitrogen and oxygen atoms in total. The fourth-order valence-corrected chi connectivity index (χ4v) is 4.32. The molecule has 3 heteroatoms. The number of fused-ring (bicyclic) bond motifs is 1. The van der Waals surface area contributed by atoms with E-state index in [1.807, 2.05) is 11.8 Å². The number of nitrogens with zero attached hydrogens (tertiary/aromatic N) is 2. The lowest BCUT2D eigenvalue weighted by atomic mass is 9.93. The molecule has 0 bridgehead atoms. The minimum Gasteiger partial charge on any atom is -0.341 e. The summed E-state index contributed by atoms with van der Waals surface area (Å²) in [7, 11) is 0. The summed E-state index contributed by atoms with van der Waals surface area (Å²) >= 11 is 1.89. The molecule has 112 valence electrons. The summed E-state index contributed by atoms with van der Waals surface area (Å²) in [6.45, 7) is 5.38. The van der Waals surface area contributed by atoms with Crippen molar-refractivity contribution in [1.29, 1.82) is 0 Å². The van der Waals surface area contributed by atoms with Crippen LogP contribution in [0.4, 0.5) is 0 Å². The fourth-order valence-electron chi connectivity index (χ4n) is 3.29. The standard InChI is InChI=1S/C19H20N2S/c1-13-3-7-15(8-4-13)17-18(16-9-5-14(2)6-10-16)21-11-12-22-19(21)20-17/h3-10,17-18H,11-12H2,1-2H3. The van der Waals surface area contributed by atoms with Crippen molar-refractivity contribution >= 4 is 16.9 Å². The van der Waals surface area contributed by atoms with Gasteiger partial charge in [0.05, 0.1) is 6.04 Å². The smallest absolute Gasteiger partial charge is 0.160 e. The predicted molar refractivity (Wildman–Crippen MR) is 94.4 cm³/mol. The molecule has 2 aliphatic heterocycles. The first-order valence-electron chi connectivity index (χ1n) is 7.83. The molecule has 0 radical (unpaired) electrons. The first-order valence-corrected chi connectivity index (χ1v) is 8.81. The molecule has 4 rings (SSSR count). The van der Waals surface area contributed by atoms with Crippen molar-refractivity contribution in [2.24, 2.45) is 4.99 Å². The Balaban J connectivity index is 1.75. The van der Waals surface area contributed by atoms with Crippen LogP contribution in [0.15, 0.2) is 53.5 Å². The molecule has 0 aliphatic carbocycles. The molecule has 0 saturated carbocycles. The second kappa shape index (κ2) is 5.47. The highest BCUT2D eigenvalue weighted by Gasteiger charge is 2.40. The number of hydrogen-bond donors (Lipinski definition) is 0. The highest BCUT2D eigenvalue weighted by molar-refractivity contribution is 8.14. The van der Waals surface area contributed by atoms with E-state index < -0.39 is 0 Å². The van der Waals surface area contributed by atoms with Crippen LogP contribution < -0.4 is 0 Å². The molecule has 0 amide bonds. The Morgan fingerprint density at radius 2 is 1.50 bits per heavy atom. The van der Waals surface area contributed by atoms with Gasteiger partial charge in [0, 0.05) is 12.3 Å². The van der Waals surface area contributed by atoms with E-state index in [-0.39, 0.29) is 6.04 Å². The van der Waals surface area contributed by atoms with Crippen molar-refractivity contribution in [3.8, 4) is 0 Å². The van der Waals surface area contributed by atoms with Gasteiger partial charge in [-0.05, 0) is 25.0 Å². The van der Waals surface area contributed by atoms with Crippen LogP contribution in [0.1, 0.15) is 34.3 Å². The van der Waals surface area contributed by atoms with E-state index in [9.17, 15) is 0 Å². The van der Waals surface area contributed by atoms with Crippen LogP contribution in [0, 0.1) is 13.8 Å². The molecule has 2 unspecified atom stereocenters. The normalized spacial score (nSPS) is 23.5. The second-order valence-electron chi connectivity index (χ2n) is 6.16. The molecule has 22 heavy (non-hydrogen) atoms. The third kappa shape index (κ3) is 2.34. The van der Waals surface area contributed by atoms with E-state index in [4.69, 9.17) is 4.99 Å². The van der Waals surface area contributed by atoms with Crippen LogP contribution in [0.2, 0.25) is 0 Å². The fraction of sp³-hybridized carbons (Fsp3) is 0.316. The average Bonchev–Trinajstić information content (AvgIpc) is 3.10. The zero-order chi connectivity index (χ0) is 15.1. The van der Waals surface area contributed by atoms with Gasteiger partial charge in [0.2, 0.25) is 0 Å². The maximum absolute atomic E-state index is 5.04. The summed E-state index contributed by atoms with van der Waals surface area (Å²) in [6, 6.07) is 18.4. The third-order valence-electron chi connectivity index (χ3n) is 4.53. The molecule has 2 aromatic rings. The number of aliphatic imine (C=N–C) groups is 1. The Hall–Kier alpha value is -1.74. The molecular weight excluding hydrogens is 288 g/mol. The summed E-state index contributed by atoms with van der Waals surface area (Å²) in [4.78, 5) is 7.52. The summed E-state index contributed by atoms with van der Waals surface area (Å²) in [5, 5.41) is 1.22. The summed E-state index contributed by atoms with van der Waals surface area (Å²) in [5.41, 5.74) is 5.30. The van der Waals surface area contributed by atoms with Gasteiger partial charge in [-0.2, -0.15) is 0 Å². The summed E-state index contributed by atoms with van der Waals surface area (Å²) in [5.74, 6) is 1.15. The Morgan fingerprint density at radius 1 is 0.909 bits per heavy atom. The van der Waals surface area contributed by atoms with Crippen LogP contribution in [-0.4, -0.2) is 22.4 Å². The lowest BCUT2D eigenvalue weighted by Gasteiger charge is -2.27. The molecule has 0 spiro atoms. The van der Waals surface area contributed by atoms with Gasteiger partial charge in [0.1, 0.15) is 6.04 Å². The van der Waals surface area contributed by atoms with Gasteiger partial charge >= 0.3 is 0 Å². The Kier molecular flexibility index (Phi) is 3.45. The predicted octanol–water partition coefficient (Wildman–Crippen LogP) is 4.50. The van der Waals surface area contributed by atoms with E-state index in [0.29, 0.717) is 6.04 Å². The number of benzene rings is 2. The quantitative estimate of drug-likeness (QED) is 0.811. The van der Waals surface area contributed by atoms with Crippen LogP contribution >= 0.6 is 11.8 Å². The zero-order valence-electron chi connectivity index (χ0n) is 13.0. The maximum Gasteiger partial charge on any atom is 0.160 e. The molecular formula is C19H20N2S.